The summed E-state index contributed by atoms with van der Waals surface area (Å²) < 4.78 is 24.1. The van der Waals surface area contributed by atoms with E-state index in [9.17, 15) is 9.18 Å². The van der Waals surface area contributed by atoms with Crippen molar-refractivity contribution in [3.63, 3.8) is 0 Å². The van der Waals surface area contributed by atoms with Crippen LogP contribution in [0.1, 0.15) is 12.5 Å². The van der Waals surface area contributed by atoms with Gasteiger partial charge in [-0.05, 0) is 42.0 Å². The highest BCUT2D eigenvalue weighted by Crippen LogP contribution is 2.33. The van der Waals surface area contributed by atoms with Crippen molar-refractivity contribution < 1.29 is 18.7 Å². The average Bonchev–Trinajstić information content (AvgIpc) is 3.27. The van der Waals surface area contributed by atoms with Gasteiger partial charge in [0.05, 0.1) is 6.54 Å². The molecule has 0 unspecified atom stereocenters. The molecule has 0 bridgehead atoms. The minimum atomic E-state index is -0.413. The van der Waals surface area contributed by atoms with E-state index in [2.05, 4.69) is 37.3 Å². The highest BCUT2D eigenvalue weighted by atomic mass is 35.5. The number of nitrogens with zero attached hydrogens (tertiary/aromatic N) is 5. The van der Waals surface area contributed by atoms with Gasteiger partial charge >= 0.3 is 12.0 Å². The van der Waals surface area contributed by atoms with Crippen LogP contribution >= 0.6 is 11.6 Å². The number of nitrogens with one attached hydrogen (secondary N) is 1. The predicted octanol–water partition coefficient (Wildman–Crippen LogP) is 2.90. The van der Waals surface area contributed by atoms with E-state index < -0.39 is 5.97 Å². The van der Waals surface area contributed by atoms with E-state index in [0.717, 1.165) is 25.2 Å². The zero-order chi connectivity index (χ0) is 22.5. The number of ether oxygens (including phenoxy) is 2. The number of hydrogen-bond acceptors (Lipinski definition) is 8. The summed E-state index contributed by atoms with van der Waals surface area (Å²) in [6.45, 7) is 5.24. The van der Waals surface area contributed by atoms with E-state index in [-0.39, 0.29) is 35.9 Å². The van der Waals surface area contributed by atoms with Gasteiger partial charge < -0.3 is 9.47 Å². The molecule has 1 saturated heterocycles. The molecular formula is C21H22ClFN6O3. The molecule has 0 radical (unpaired) electrons. The van der Waals surface area contributed by atoms with Gasteiger partial charge in [0.2, 0.25) is 0 Å². The first-order valence-electron chi connectivity index (χ1n) is 10.1. The number of halogens is 2. The first kappa shape index (κ1) is 22.1. The lowest BCUT2D eigenvalue weighted by molar-refractivity contribution is -0.137. The molecule has 32 heavy (non-hydrogen) atoms. The number of aromatic amines is 1. The Kier molecular flexibility index (Phi) is 6.93. The van der Waals surface area contributed by atoms with E-state index in [1.165, 1.54) is 18.2 Å². The Morgan fingerprint density at radius 1 is 1.22 bits per heavy atom. The topological polar surface area (TPSA) is 96.5 Å². The maximum Gasteiger partial charge on any atom is 0.361 e. The summed E-state index contributed by atoms with van der Waals surface area (Å²) in [5.74, 6) is -0.225. The standard InChI is InChI=1S/C21H22ClFN6O3/c1-14-11-28(12-15-2-5-17(23)6-3-15)8-9-29(14)13-20(30)31-18-7-4-16(22)10-19(18)32-21-24-26-27-25-21/h2-7,10,14H,8-9,11-13H2,1H3,(H,24,25,26,27)/t14-/m1/s1. The molecule has 4 rings (SSSR count). The lowest BCUT2D eigenvalue weighted by atomic mass is 10.1. The highest BCUT2D eigenvalue weighted by molar-refractivity contribution is 6.30. The van der Waals surface area contributed by atoms with Crippen LogP contribution in [0.5, 0.6) is 17.5 Å². The largest absolute Gasteiger partial charge is 0.422 e. The maximum atomic E-state index is 13.1. The van der Waals surface area contributed by atoms with Crippen LogP contribution in [0.2, 0.25) is 5.02 Å². The molecule has 0 saturated carbocycles. The smallest absolute Gasteiger partial charge is 0.361 e. The van der Waals surface area contributed by atoms with E-state index in [1.807, 2.05) is 0 Å². The monoisotopic (exact) mass is 460 g/mol. The summed E-state index contributed by atoms with van der Waals surface area (Å²) in [5.41, 5.74) is 1.06. The Balaban J connectivity index is 1.32. The van der Waals surface area contributed by atoms with Crippen LogP contribution in [0.3, 0.4) is 0 Å². The number of benzene rings is 2. The summed E-state index contributed by atoms with van der Waals surface area (Å²) >= 11 is 6.03. The van der Waals surface area contributed by atoms with Crippen LogP contribution in [0.4, 0.5) is 4.39 Å². The molecule has 168 valence electrons. The van der Waals surface area contributed by atoms with Gasteiger partial charge in [-0.2, -0.15) is 5.21 Å². The minimum Gasteiger partial charge on any atom is -0.422 e. The summed E-state index contributed by atoms with van der Waals surface area (Å²) in [5, 5.41) is 13.6. The highest BCUT2D eigenvalue weighted by Gasteiger charge is 2.26. The maximum absolute atomic E-state index is 13.1. The van der Waals surface area contributed by atoms with Crippen molar-refractivity contribution in [2.75, 3.05) is 26.2 Å². The molecule has 1 N–H and O–H groups in total. The van der Waals surface area contributed by atoms with E-state index in [0.29, 0.717) is 11.6 Å². The molecule has 2 aromatic carbocycles. The fraction of sp³-hybridized carbons (Fsp3) is 0.333. The van der Waals surface area contributed by atoms with Gasteiger partial charge in [0.15, 0.2) is 11.5 Å². The zero-order valence-electron chi connectivity index (χ0n) is 17.4. The molecule has 1 aliphatic heterocycles. The number of piperazine rings is 1. The molecule has 2 heterocycles. The van der Waals surface area contributed by atoms with Crippen molar-refractivity contribution >= 4 is 17.6 Å². The van der Waals surface area contributed by atoms with Crippen molar-refractivity contribution in [3.8, 4) is 17.5 Å². The molecule has 3 aromatic rings. The third-order valence-electron chi connectivity index (χ3n) is 5.16. The van der Waals surface area contributed by atoms with E-state index >= 15 is 0 Å². The molecule has 1 aliphatic rings. The van der Waals surface area contributed by atoms with Crippen molar-refractivity contribution in [2.45, 2.75) is 19.5 Å². The van der Waals surface area contributed by atoms with Gasteiger partial charge in [-0.3, -0.25) is 14.6 Å². The molecule has 0 spiro atoms. The zero-order valence-corrected chi connectivity index (χ0v) is 18.1. The van der Waals surface area contributed by atoms with Crippen LogP contribution in [0, 0.1) is 5.82 Å². The van der Waals surface area contributed by atoms with Crippen molar-refractivity contribution in [1.82, 2.24) is 30.4 Å². The number of carbonyl (C=O) groups is 1. The van der Waals surface area contributed by atoms with Crippen molar-refractivity contribution in [1.29, 1.82) is 0 Å². The normalized spacial score (nSPS) is 17.3. The SMILES string of the molecule is C[C@@H]1CN(Cc2ccc(F)cc2)CCN1CC(=O)Oc1ccc(Cl)cc1Oc1nn[nH]n1. The fourth-order valence-corrected chi connectivity index (χ4v) is 3.72. The Bertz CT molecular complexity index is 1050. The number of carbonyl (C=O) groups excluding carboxylic acids is 1. The predicted molar refractivity (Wildman–Crippen MR) is 114 cm³/mol. The molecule has 0 aliphatic carbocycles. The summed E-state index contributed by atoms with van der Waals surface area (Å²) in [7, 11) is 0. The Morgan fingerprint density at radius 3 is 2.75 bits per heavy atom. The van der Waals surface area contributed by atoms with Gasteiger partial charge in [0.25, 0.3) is 0 Å². The van der Waals surface area contributed by atoms with Gasteiger partial charge in [0, 0.05) is 43.3 Å². The molecule has 9 nitrogen and oxygen atoms in total. The second-order valence-electron chi connectivity index (χ2n) is 7.54. The summed E-state index contributed by atoms with van der Waals surface area (Å²) in [6, 6.07) is 11.3. The lowest BCUT2D eigenvalue weighted by Gasteiger charge is -2.39. The number of hydrogen-bond donors (Lipinski definition) is 1. The molecule has 1 atom stereocenters. The van der Waals surface area contributed by atoms with Gasteiger partial charge in [-0.1, -0.05) is 33.9 Å². The Morgan fingerprint density at radius 2 is 2.03 bits per heavy atom. The Labute approximate surface area is 189 Å². The van der Waals surface area contributed by atoms with Crippen molar-refractivity contribution in [3.05, 3.63) is 58.9 Å². The molecule has 1 fully saturated rings. The van der Waals surface area contributed by atoms with Gasteiger partial charge in [-0.15, -0.1) is 0 Å². The van der Waals surface area contributed by atoms with Gasteiger partial charge in [0.1, 0.15) is 5.82 Å². The third kappa shape index (κ3) is 5.78. The van der Waals surface area contributed by atoms with Crippen LogP contribution in [-0.2, 0) is 11.3 Å². The number of aromatic nitrogens is 4. The number of rotatable bonds is 7. The minimum absolute atomic E-state index is 0.0181. The lowest BCUT2D eigenvalue weighted by Crippen LogP contribution is -2.53. The molecule has 0 amide bonds. The first-order chi connectivity index (χ1) is 15.5. The average molecular weight is 461 g/mol. The second kappa shape index (κ2) is 10.0. The van der Waals surface area contributed by atoms with Crippen LogP contribution < -0.4 is 9.47 Å². The third-order valence-corrected chi connectivity index (χ3v) is 5.39. The van der Waals surface area contributed by atoms with Crippen LogP contribution in [0.25, 0.3) is 0 Å². The number of esters is 1. The molecular weight excluding hydrogens is 439 g/mol. The molecule has 11 heteroatoms. The summed E-state index contributed by atoms with van der Waals surface area (Å²) in [6.07, 6.45) is 0. The van der Waals surface area contributed by atoms with Gasteiger partial charge in [-0.25, -0.2) is 4.39 Å². The first-order valence-corrected chi connectivity index (χ1v) is 10.5. The van der Waals surface area contributed by atoms with E-state index in [4.69, 9.17) is 21.1 Å². The fourth-order valence-electron chi connectivity index (χ4n) is 3.56. The van der Waals surface area contributed by atoms with Crippen LogP contribution in [0.15, 0.2) is 42.5 Å². The van der Waals surface area contributed by atoms with E-state index in [1.54, 1.807) is 24.3 Å². The number of tetrazole rings is 1. The second-order valence-corrected chi connectivity index (χ2v) is 7.98. The quantitative estimate of drug-likeness (QED) is 0.424. The summed E-state index contributed by atoms with van der Waals surface area (Å²) in [4.78, 5) is 17.0. The number of H-pyrrole nitrogens is 1. The van der Waals surface area contributed by atoms with Crippen molar-refractivity contribution in [2.24, 2.45) is 0 Å². The Hall–Kier alpha value is -3.08. The molecule has 1 aromatic heterocycles. The van der Waals surface area contributed by atoms with Crippen LogP contribution in [-0.4, -0.2) is 68.6 Å².